The molecule has 2 aliphatic rings. The average Bonchev–Trinajstić information content (AvgIpc) is 2.98. The van der Waals surface area contributed by atoms with Crippen molar-refractivity contribution in [2.45, 2.75) is 70.6 Å². The molecule has 20 heavy (non-hydrogen) atoms. The molecule has 2 aliphatic carbocycles. The van der Waals surface area contributed by atoms with E-state index in [0.717, 1.165) is 25.7 Å². The van der Waals surface area contributed by atoms with Crippen molar-refractivity contribution in [1.82, 2.24) is 0 Å². The molecule has 1 aromatic rings. The fourth-order valence-electron chi connectivity index (χ4n) is 4.39. The number of carbonyl (C=O) groups is 1. The third-order valence-corrected chi connectivity index (χ3v) is 5.75. The van der Waals surface area contributed by atoms with Crippen LogP contribution in [0.2, 0.25) is 0 Å². The van der Waals surface area contributed by atoms with Crippen LogP contribution in [0.1, 0.15) is 75.3 Å². The van der Waals surface area contributed by atoms with E-state index in [1.807, 2.05) is 0 Å². The fraction of sp³-hybridized carbons (Fsp3) is 0.632. The molecule has 1 saturated carbocycles. The van der Waals surface area contributed by atoms with E-state index in [4.69, 9.17) is 0 Å². The Balaban J connectivity index is 1.77. The van der Waals surface area contributed by atoms with Gasteiger partial charge >= 0.3 is 0 Å². The summed E-state index contributed by atoms with van der Waals surface area (Å²) in [5.41, 5.74) is 2.97. The number of hydrogen-bond acceptors (Lipinski definition) is 1. The zero-order valence-corrected chi connectivity index (χ0v) is 12.7. The molecule has 0 radical (unpaired) electrons. The van der Waals surface area contributed by atoms with Gasteiger partial charge in [-0.25, -0.2) is 0 Å². The number of benzene rings is 1. The molecule has 3 rings (SSSR count). The van der Waals surface area contributed by atoms with E-state index in [1.54, 1.807) is 0 Å². The normalized spacial score (nSPS) is 24.4. The van der Waals surface area contributed by atoms with Crippen molar-refractivity contribution < 1.29 is 4.79 Å². The van der Waals surface area contributed by atoms with E-state index < -0.39 is 0 Å². The lowest BCUT2D eigenvalue weighted by Crippen LogP contribution is -2.29. The Morgan fingerprint density at radius 3 is 2.70 bits per heavy atom. The van der Waals surface area contributed by atoms with E-state index in [9.17, 15) is 4.79 Å². The first kappa shape index (κ1) is 13.9. The number of hydrogen-bond donors (Lipinski definition) is 0. The van der Waals surface area contributed by atoms with Crippen LogP contribution in [-0.4, -0.2) is 5.78 Å². The summed E-state index contributed by atoms with van der Waals surface area (Å²) >= 11 is 0. The van der Waals surface area contributed by atoms with Crippen LogP contribution in [0.5, 0.6) is 0 Å². The van der Waals surface area contributed by atoms with Gasteiger partial charge in [0.25, 0.3) is 0 Å². The van der Waals surface area contributed by atoms with Gasteiger partial charge in [0.1, 0.15) is 5.78 Å². The second-order valence-corrected chi connectivity index (χ2v) is 6.76. The number of Topliss-reactive ketones (excluding diaryl/α,β-unsaturated/α-hetero) is 1. The SMILES string of the molecule is CCC1(C(=O)CC2CCCc3ccccc32)CCCC1. The summed E-state index contributed by atoms with van der Waals surface area (Å²) in [5, 5.41) is 0. The average molecular weight is 270 g/mol. The lowest BCUT2D eigenvalue weighted by molar-refractivity contribution is -0.129. The fourth-order valence-corrected chi connectivity index (χ4v) is 4.39. The lowest BCUT2D eigenvalue weighted by atomic mass is 9.72. The Morgan fingerprint density at radius 1 is 1.20 bits per heavy atom. The largest absolute Gasteiger partial charge is 0.299 e. The molecule has 0 aromatic heterocycles. The van der Waals surface area contributed by atoms with Gasteiger partial charge in [0.05, 0.1) is 0 Å². The maximum Gasteiger partial charge on any atom is 0.139 e. The highest BCUT2D eigenvalue weighted by Gasteiger charge is 2.40. The molecule has 0 amide bonds. The Morgan fingerprint density at radius 2 is 1.95 bits per heavy atom. The highest BCUT2D eigenvalue weighted by atomic mass is 16.1. The molecule has 108 valence electrons. The Kier molecular flexibility index (Phi) is 3.96. The number of carbonyl (C=O) groups excluding carboxylic acids is 1. The van der Waals surface area contributed by atoms with Gasteiger partial charge < -0.3 is 0 Å². The minimum atomic E-state index is 0.0341. The molecule has 1 atom stereocenters. The van der Waals surface area contributed by atoms with Gasteiger partial charge in [-0.2, -0.15) is 0 Å². The van der Waals surface area contributed by atoms with E-state index in [1.165, 1.54) is 43.2 Å². The monoisotopic (exact) mass is 270 g/mol. The van der Waals surface area contributed by atoms with Crippen molar-refractivity contribution in [3.05, 3.63) is 35.4 Å². The minimum Gasteiger partial charge on any atom is -0.299 e. The predicted octanol–water partition coefficient (Wildman–Crippen LogP) is 5.04. The van der Waals surface area contributed by atoms with Crippen LogP contribution in [0, 0.1) is 5.41 Å². The summed E-state index contributed by atoms with van der Waals surface area (Å²) in [5.74, 6) is 1.04. The first-order valence-electron chi connectivity index (χ1n) is 8.36. The molecular weight excluding hydrogens is 244 g/mol. The zero-order chi connectivity index (χ0) is 14.0. The van der Waals surface area contributed by atoms with Crippen molar-refractivity contribution in [2.24, 2.45) is 5.41 Å². The van der Waals surface area contributed by atoms with Crippen LogP contribution in [0.25, 0.3) is 0 Å². The number of fused-ring (bicyclic) bond motifs is 1. The standard InChI is InChI=1S/C19H26O/c1-2-19(12-5-6-13-19)18(20)14-16-10-7-9-15-8-3-4-11-17(15)16/h3-4,8,11,16H,2,5-7,9-10,12-14H2,1H3. The Labute approximate surface area is 122 Å². The van der Waals surface area contributed by atoms with Crippen LogP contribution in [0.15, 0.2) is 24.3 Å². The topological polar surface area (TPSA) is 17.1 Å². The molecule has 1 aromatic carbocycles. The van der Waals surface area contributed by atoms with Crippen LogP contribution in [-0.2, 0) is 11.2 Å². The van der Waals surface area contributed by atoms with Gasteiger partial charge in [-0.3, -0.25) is 4.79 Å². The molecule has 0 spiro atoms. The summed E-state index contributed by atoms with van der Waals surface area (Å²) in [6, 6.07) is 8.76. The van der Waals surface area contributed by atoms with Gasteiger partial charge in [-0.05, 0) is 55.6 Å². The molecule has 0 bridgehead atoms. The van der Waals surface area contributed by atoms with Gasteiger partial charge in [0, 0.05) is 11.8 Å². The van der Waals surface area contributed by atoms with Gasteiger partial charge in [0.15, 0.2) is 0 Å². The molecule has 0 aliphatic heterocycles. The molecule has 0 heterocycles. The first-order valence-corrected chi connectivity index (χ1v) is 8.36. The van der Waals surface area contributed by atoms with Crippen molar-refractivity contribution >= 4 is 5.78 Å². The zero-order valence-electron chi connectivity index (χ0n) is 12.7. The summed E-state index contributed by atoms with van der Waals surface area (Å²) in [4.78, 5) is 12.9. The minimum absolute atomic E-state index is 0.0341. The third-order valence-electron chi connectivity index (χ3n) is 5.75. The number of ketones is 1. The van der Waals surface area contributed by atoms with Gasteiger partial charge in [-0.1, -0.05) is 44.0 Å². The van der Waals surface area contributed by atoms with E-state index in [0.29, 0.717) is 11.7 Å². The highest BCUT2D eigenvalue weighted by molar-refractivity contribution is 5.85. The van der Waals surface area contributed by atoms with Gasteiger partial charge in [-0.15, -0.1) is 0 Å². The summed E-state index contributed by atoms with van der Waals surface area (Å²) in [6.45, 7) is 2.21. The molecule has 0 N–H and O–H groups in total. The highest BCUT2D eigenvalue weighted by Crippen LogP contribution is 2.45. The molecule has 1 nitrogen and oxygen atoms in total. The van der Waals surface area contributed by atoms with Crippen molar-refractivity contribution in [3.8, 4) is 0 Å². The first-order chi connectivity index (χ1) is 9.75. The van der Waals surface area contributed by atoms with E-state index >= 15 is 0 Å². The second kappa shape index (κ2) is 5.71. The van der Waals surface area contributed by atoms with Crippen molar-refractivity contribution in [1.29, 1.82) is 0 Å². The Hall–Kier alpha value is -1.11. The van der Waals surface area contributed by atoms with E-state index in [2.05, 4.69) is 31.2 Å². The maximum atomic E-state index is 12.9. The van der Waals surface area contributed by atoms with Gasteiger partial charge in [0.2, 0.25) is 0 Å². The Bertz CT molecular complexity index is 482. The van der Waals surface area contributed by atoms with Crippen molar-refractivity contribution in [2.75, 3.05) is 0 Å². The number of aryl methyl sites for hydroxylation is 1. The molecular formula is C19H26O. The molecule has 1 unspecified atom stereocenters. The van der Waals surface area contributed by atoms with Crippen molar-refractivity contribution in [3.63, 3.8) is 0 Å². The maximum absolute atomic E-state index is 12.9. The molecule has 1 heteroatoms. The number of rotatable bonds is 4. The molecule has 0 saturated heterocycles. The third kappa shape index (κ3) is 2.43. The van der Waals surface area contributed by atoms with E-state index in [-0.39, 0.29) is 5.41 Å². The van der Waals surface area contributed by atoms with Crippen LogP contribution in [0.4, 0.5) is 0 Å². The molecule has 1 fully saturated rings. The van der Waals surface area contributed by atoms with Crippen LogP contribution in [0.3, 0.4) is 0 Å². The summed E-state index contributed by atoms with van der Waals surface area (Å²) < 4.78 is 0. The summed E-state index contributed by atoms with van der Waals surface area (Å²) in [6.07, 6.45) is 10.2. The van der Waals surface area contributed by atoms with Crippen LogP contribution >= 0.6 is 0 Å². The predicted molar refractivity (Wildman–Crippen MR) is 82.9 cm³/mol. The quantitative estimate of drug-likeness (QED) is 0.749. The van der Waals surface area contributed by atoms with Crippen LogP contribution < -0.4 is 0 Å². The summed E-state index contributed by atoms with van der Waals surface area (Å²) in [7, 11) is 0. The lowest BCUT2D eigenvalue weighted by Gasteiger charge is -2.30. The smallest absolute Gasteiger partial charge is 0.139 e. The second-order valence-electron chi connectivity index (χ2n) is 6.76.